The molecule has 5 nitrogen and oxygen atoms in total. The van der Waals surface area contributed by atoms with Crippen LogP contribution in [0.4, 0.5) is 13.2 Å². The van der Waals surface area contributed by atoms with E-state index in [-0.39, 0.29) is 30.3 Å². The summed E-state index contributed by atoms with van der Waals surface area (Å²) in [6.45, 7) is 6.23. The molecule has 1 unspecified atom stereocenters. The molecule has 8 heteroatoms. The molecule has 3 rings (SSSR count). The molecule has 0 amide bonds. The van der Waals surface area contributed by atoms with Crippen molar-refractivity contribution in [3.63, 3.8) is 0 Å². The van der Waals surface area contributed by atoms with E-state index in [4.69, 9.17) is 13.9 Å². The number of alkyl halides is 3. The summed E-state index contributed by atoms with van der Waals surface area (Å²) in [7, 11) is 0. The van der Waals surface area contributed by atoms with Crippen LogP contribution in [0.15, 0.2) is 57.7 Å². The Morgan fingerprint density at radius 2 is 1.75 bits per heavy atom. The van der Waals surface area contributed by atoms with Gasteiger partial charge in [-0.1, -0.05) is 52.0 Å². The fourth-order valence-electron chi connectivity index (χ4n) is 3.99. The fourth-order valence-corrected chi connectivity index (χ4v) is 3.99. The van der Waals surface area contributed by atoms with Gasteiger partial charge in [0.2, 0.25) is 0 Å². The second kappa shape index (κ2) is 11.2. The third-order valence-electron chi connectivity index (χ3n) is 5.77. The van der Waals surface area contributed by atoms with Gasteiger partial charge in [0.1, 0.15) is 17.9 Å². The van der Waals surface area contributed by atoms with Gasteiger partial charge in [-0.15, -0.1) is 0 Å². The first kappa shape index (κ1) is 27.3. The highest BCUT2D eigenvalue weighted by atomic mass is 19.4. The summed E-state index contributed by atoms with van der Waals surface area (Å²) in [6.07, 6.45) is -4.77. The van der Waals surface area contributed by atoms with Crippen molar-refractivity contribution in [2.45, 2.75) is 53.1 Å². The number of ether oxygens (including phenoxy) is 2. The van der Waals surface area contributed by atoms with Crippen LogP contribution in [-0.4, -0.2) is 25.4 Å². The van der Waals surface area contributed by atoms with Crippen LogP contribution in [0.25, 0.3) is 22.1 Å². The van der Waals surface area contributed by atoms with E-state index in [1.807, 2.05) is 45.0 Å². The number of fused-ring (bicyclic) bond motifs is 1. The van der Waals surface area contributed by atoms with E-state index in [0.29, 0.717) is 10.9 Å². The maximum Gasteiger partial charge on any atom is 0.389 e. The third kappa shape index (κ3) is 7.35. The van der Waals surface area contributed by atoms with E-state index >= 15 is 0 Å². The molecular formula is C28H31F3O5. The second-order valence-electron chi connectivity index (χ2n) is 9.81. The quantitative estimate of drug-likeness (QED) is 0.221. The van der Waals surface area contributed by atoms with Gasteiger partial charge in [-0.2, -0.15) is 13.2 Å². The number of hydrogen-bond acceptors (Lipinski definition) is 5. The normalized spacial score (nSPS) is 13.6. The summed E-state index contributed by atoms with van der Waals surface area (Å²) in [6, 6.07) is 14.1. The number of hydrogen-bond donors (Lipinski definition) is 0. The summed E-state index contributed by atoms with van der Waals surface area (Å²) in [5.41, 5.74) is 0.507. The Morgan fingerprint density at radius 3 is 2.42 bits per heavy atom. The molecule has 0 aliphatic carbocycles. The Morgan fingerprint density at radius 1 is 1.03 bits per heavy atom. The van der Waals surface area contributed by atoms with E-state index in [0.717, 1.165) is 17.5 Å². The molecule has 1 aromatic heterocycles. The van der Waals surface area contributed by atoms with Crippen LogP contribution in [0.2, 0.25) is 0 Å². The number of rotatable bonds is 10. The predicted octanol–water partition coefficient (Wildman–Crippen LogP) is 6.95. The number of halogens is 3. The van der Waals surface area contributed by atoms with Gasteiger partial charge >= 0.3 is 17.8 Å². The molecule has 1 atom stereocenters. The zero-order valence-electron chi connectivity index (χ0n) is 20.9. The van der Waals surface area contributed by atoms with Gasteiger partial charge in [0.15, 0.2) is 0 Å². The molecule has 0 spiro atoms. The highest BCUT2D eigenvalue weighted by Crippen LogP contribution is 2.35. The Kier molecular flexibility index (Phi) is 8.48. The lowest BCUT2D eigenvalue weighted by molar-refractivity contribution is -0.174. The number of carbonyl (C=O) groups is 1. The van der Waals surface area contributed by atoms with Gasteiger partial charge < -0.3 is 13.9 Å². The van der Waals surface area contributed by atoms with Crippen LogP contribution in [-0.2, 0) is 16.0 Å². The van der Waals surface area contributed by atoms with Crippen molar-refractivity contribution in [2.24, 2.45) is 11.3 Å². The monoisotopic (exact) mass is 504 g/mol. The van der Waals surface area contributed by atoms with Crippen molar-refractivity contribution in [1.82, 2.24) is 0 Å². The van der Waals surface area contributed by atoms with Gasteiger partial charge in [0, 0.05) is 23.3 Å². The van der Waals surface area contributed by atoms with E-state index < -0.39 is 36.2 Å². The number of benzene rings is 2. The minimum absolute atomic E-state index is 0.0332. The molecule has 0 fully saturated rings. The van der Waals surface area contributed by atoms with Gasteiger partial charge in [-0.25, -0.2) is 4.79 Å². The lowest BCUT2D eigenvalue weighted by Crippen LogP contribution is -2.36. The lowest BCUT2D eigenvalue weighted by Gasteiger charge is -2.30. The van der Waals surface area contributed by atoms with E-state index in [2.05, 4.69) is 0 Å². The number of carbonyl (C=O) groups excluding carboxylic acids is 1. The van der Waals surface area contributed by atoms with Crippen LogP contribution in [0.5, 0.6) is 5.75 Å². The standard InChI is InChI=1S/C28H31F3O5/c1-5-19-8-6-7-9-22(19)23-13-20-10-11-21(14-24(20)36-26(23)33)34-16-27(4,15-28(29,30)31)17-35-25(32)12-18(2)3/h6-11,13-14,18H,5,12,15-17H2,1-4H3. The SMILES string of the molecule is CCc1ccccc1-c1cc2ccc(OCC(C)(COC(=O)CC(C)C)CC(F)(F)F)cc2oc1=O. The zero-order chi connectivity index (χ0) is 26.5. The molecule has 1 heterocycles. The molecule has 0 aliphatic rings. The van der Waals surface area contributed by atoms with Crippen molar-refractivity contribution >= 4 is 16.9 Å². The van der Waals surface area contributed by atoms with Crippen LogP contribution in [0.3, 0.4) is 0 Å². The Hall–Kier alpha value is -3.29. The van der Waals surface area contributed by atoms with E-state index in [1.54, 1.807) is 18.2 Å². The predicted molar refractivity (Wildman–Crippen MR) is 132 cm³/mol. The minimum atomic E-state index is -4.47. The molecule has 2 aromatic carbocycles. The molecule has 36 heavy (non-hydrogen) atoms. The molecule has 194 valence electrons. The lowest BCUT2D eigenvalue weighted by atomic mass is 9.88. The van der Waals surface area contributed by atoms with Crippen molar-refractivity contribution in [1.29, 1.82) is 0 Å². The average molecular weight is 505 g/mol. The van der Waals surface area contributed by atoms with Gasteiger partial charge in [-0.05, 0) is 41.7 Å². The summed E-state index contributed by atoms with van der Waals surface area (Å²) in [5.74, 6) is -0.272. The van der Waals surface area contributed by atoms with E-state index in [1.165, 1.54) is 13.0 Å². The molecule has 0 saturated carbocycles. The Balaban J connectivity index is 1.81. The fraction of sp³-hybridized carbons (Fsp3) is 0.429. The molecule has 0 aliphatic heterocycles. The van der Waals surface area contributed by atoms with Crippen LogP contribution in [0.1, 0.15) is 46.1 Å². The minimum Gasteiger partial charge on any atom is -0.493 e. The molecule has 0 N–H and O–H groups in total. The van der Waals surface area contributed by atoms with Crippen molar-refractivity contribution < 1.29 is 31.9 Å². The summed E-state index contributed by atoms with van der Waals surface area (Å²) in [4.78, 5) is 24.6. The molecule has 0 radical (unpaired) electrons. The van der Waals surface area contributed by atoms with Gasteiger partial charge in [0.05, 0.1) is 18.6 Å². The van der Waals surface area contributed by atoms with Crippen molar-refractivity contribution in [3.05, 3.63) is 64.5 Å². The molecule has 0 bridgehead atoms. The number of esters is 1. The maximum absolute atomic E-state index is 13.3. The van der Waals surface area contributed by atoms with E-state index in [9.17, 15) is 22.8 Å². The zero-order valence-corrected chi connectivity index (χ0v) is 20.9. The topological polar surface area (TPSA) is 65.7 Å². The first-order chi connectivity index (χ1) is 16.9. The van der Waals surface area contributed by atoms with Gasteiger partial charge in [-0.3, -0.25) is 4.79 Å². The number of aryl methyl sites for hydroxylation is 1. The molecular weight excluding hydrogens is 473 g/mol. The molecule has 3 aromatic rings. The summed E-state index contributed by atoms with van der Waals surface area (Å²) in [5, 5.41) is 0.656. The Bertz CT molecular complexity index is 1260. The highest BCUT2D eigenvalue weighted by molar-refractivity contribution is 5.83. The van der Waals surface area contributed by atoms with Crippen molar-refractivity contribution in [3.8, 4) is 16.9 Å². The van der Waals surface area contributed by atoms with Crippen LogP contribution >= 0.6 is 0 Å². The van der Waals surface area contributed by atoms with Crippen LogP contribution < -0.4 is 10.4 Å². The highest BCUT2D eigenvalue weighted by Gasteiger charge is 2.41. The first-order valence-corrected chi connectivity index (χ1v) is 11.9. The Labute approximate surface area is 208 Å². The van der Waals surface area contributed by atoms with Crippen LogP contribution in [0, 0.1) is 11.3 Å². The largest absolute Gasteiger partial charge is 0.493 e. The van der Waals surface area contributed by atoms with Crippen molar-refractivity contribution in [2.75, 3.05) is 13.2 Å². The summed E-state index contributed by atoms with van der Waals surface area (Å²) >= 11 is 0. The smallest absolute Gasteiger partial charge is 0.389 e. The second-order valence-corrected chi connectivity index (χ2v) is 9.81. The maximum atomic E-state index is 13.3. The molecule has 0 saturated heterocycles. The first-order valence-electron chi connectivity index (χ1n) is 11.9. The third-order valence-corrected chi connectivity index (χ3v) is 5.77. The average Bonchev–Trinajstić information content (AvgIpc) is 2.79. The van der Waals surface area contributed by atoms with Gasteiger partial charge in [0.25, 0.3) is 0 Å². The summed E-state index contributed by atoms with van der Waals surface area (Å²) < 4.78 is 56.1.